The zero-order valence-corrected chi connectivity index (χ0v) is 11.0. The number of halogens is 2. The smallest absolute Gasteiger partial charge is 0.102 e. The maximum atomic E-state index is 8.76. The van der Waals surface area contributed by atoms with Crippen LogP contribution in [0.25, 0.3) is 0 Å². The van der Waals surface area contributed by atoms with Crippen LogP contribution >= 0.6 is 23.2 Å². The lowest BCUT2D eigenvalue weighted by atomic mass is 10.3. The fourth-order valence-electron chi connectivity index (χ4n) is 1.43. The van der Waals surface area contributed by atoms with Gasteiger partial charge in [-0.25, -0.2) is 4.68 Å². The molecule has 0 saturated heterocycles. The lowest BCUT2D eigenvalue weighted by Crippen LogP contribution is -2.02. The lowest BCUT2D eigenvalue weighted by molar-refractivity contribution is 0.268. The third-order valence-electron chi connectivity index (χ3n) is 2.31. The van der Waals surface area contributed by atoms with Gasteiger partial charge in [0.2, 0.25) is 0 Å². The molecule has 0 radical (unpaired) electrons. The topological polar surface area (TPSA) is 63.0 Å². The Balaban J connectivity index is 1.95. The molecule has 2 aromatic rings. The van der Waals surface area contributed by atoms with Gasteiger partial charge in [0.05, 0.1) is 35.9 Å². The normalized spacial score (nSPS) is 10.6. The van der Waals surface area contributed by atoms with Crippen molar-refractivity contribution in [3.05, 3.63) is 40.1 Å². The van der Waals surface area contributed by atoms with Crippen molar-refractivity contribution in [1.82, 2.24) is 15.0 Å². The molecule has 0 spiro atoms. The molecule has 0 bridgehead atoms. The molecule has 96 valence electrons. The molecule has 7 heteroatoms. The average molecular weight is 287 g/mol. The number of rotatable bonds is 5. The summed E-state index contributed by atoms with van der Waals surface area (Å²) in [6, 6.07) is 5.32. The van der Waals surface area contributed by atoms with E-state index in [1.165, 1.54) is 0 Å². The summed E-state index contributed by atoms with van der Waals surface area (Å²) in [7, 11) is 0. The van der Waals surface area contributed by atoms with Crippen LogP contribution in [0.1, 0.15) is 5.69 Å². The second-order valence-corrected chi connectivity index (χ2v) is 4.49. The van der Waals surface area contributed by atoms with Gasteiger partial charge in [0.1, 0.15) is 5.69 Å². The second kappa shape index (κ2) is 6.04. The third-order valence-corrected chi connectivity index (χ3v) is 3.05. The molecule has 0 unspecified atom stereocenters. The molecular weight excluding hydrogens is 275 g/mol. The van der Waals surface area contributed by atoms with Gasteiger partial charge in [0.15, 0.2) is 0 Å². The van der Waals surface area contributed by atoms with Gasteiger partial charge in [-0.3, -0.25) is 0 Å². The van der Waals surface area contributed by atoms with Crippen LogP contribution in [0.4, 0.5) is 5.69 Å². The SMILES string of the molecule is OCCn1cc(CNc2ccc(Cl)c(Cl)c2)nn1. The van der Waals surface area contributed by atoms with Crippen molar-refractivity contribution >= 4 is 28.9 Å². The Kier molecular flexibility index (Phi) is 4.41. The van der Waals surface area contributed by atoms with Crippen LogP contribution in [0, 0.1) is 0 Å². The first-order valence-electron chi connectivity index (χ1n) is 5.38. The minimum Gasteiger partial charge on any atom is -0.394 e. The molecule has 1 aromatic carbocycles. The lowest BCUT2D eigenvalue weighted by Gasteiger charge is -2.05. The summed E-state index contributed by atoms with van der Waals surface area (Å²) in [4.78, 5) is 0. The molecule has 0 aliphatic carbocycles. The Morgan fingerprint density at radius 3 is 2.83 bits per heavy atom. The van der Waals surface area contributed by atoms with E-state index < -0.39 is 0 Å². The van der Waals surface area contributed by atoms with E-state index in [4.69, 9.17) is 28.3 Å². The van der Waals surface area contributed by atoms with Gasteiger partial charge in [-0.15, -0.1) is 5.10 Å². The van der Waals surface area contributed by atoms with E-state index in [0.717, 1.165) is 11.4 Å². The molecule has 1 heterocycles. The molecule has 0 aliphatic heterocycles. The molecule has 0 saturated carbocycles. The summed E-state index contributed by atoms with van der Waals surface area (Å²) in [5.41, 5.74) is 1.65. The minimum absolute atomic E-state index is 0.0447. The highest BCUT2D eigenvalue weighted by Crippen LogP contribution is 2.25. The van der Waals surface area contributed by atoms with Gasteiger partial charge < -0.3 is 10.4 Å². The Bertz CT molecular complexity index is 530. The van der Waals surface area contributed by atoms with Crippen LogP contribution in [0.5, 0.6) is 0 Å². The monoisotopic (exact) mass is 286 g/mol. The largest absolute Gasteiger partial charge is 0.394 e. The molecule has 2 N–H and O–H groups in total. The minimum atomic E-state index is 0.0447. The van der Waals surface area contributed by atoms with Gasteiger partial charge in [0, 0.05) is 5.69 Å². The van der Waals surface area contributed by atoms with E-state index in [1.54, 1.807) is 23.0 Å². The Labute approximate surface area is 114 Å². The molecule has 0 fully saturated rings. The first kappa shape index (κ1) is 13.1. The van der Waals surface area contributed by atoms with Crippen LogP contribution in [-0.4, -0.2) is 26.7 Å². The molecular formula is C11H12Cl2N4O. The van der Waals surface area contributed by atoms with E-state index >= 15 is 0 Å². The number of aromatic nitrogens is 3. The van der Waals surface area contributed by atoms with Gasteiger partial charge in [0.25, 0.3) is 0 Å². The highest BCUT2D eigenvalue weighted by molar-refractivity contribution is 6.42. The molecule has 2 rings (SSSR count). The van der Waals surface area contributed by atoms with Crippen LogP contribution < -0.4 is 5.32 Å². The summed E-state index contributed by atoms with van der Waals surface area (Å²) < 4.78 is 1.59. The number of hydrogen-bond donors (Lipinski definition) is 2. The number of hydrogen-bond acceptors (Lipinski definition) is 4. The zero-order valence-electron chi connectivity index (χ0n) is 9.48. The van der Waals surface area contributed by atoms with Crippen molar-refractivity contribution in [3.63, 3.8) is 0 Å². The number of benzene rings is 1. The zero-order chi connectivity index (χ0) is 13.0. The van der Waals surface area contributed by atoms with Crippen molar-refractivity contribution in [2.75, 3.05) is 11.9 Å². The van der Waals surface area contributed by atoms with E-state index in [-0.39, 0.29) is 6.61 Å². The van der Waals surface area contributed by atoms with E-state index in [1.807, 2.05) is 6.07 Å². The number of nitrogens with zero attached hydrogens (tertiary/aromatic N) is 3. The van der Waals surface area contributed by atoms with Crippen molar-refractivity contribution in [1.29, 1.82) is 0 Å². The van der Waals surface area contributed by atoms with Gasteiger partial charge in [-0.2, -0.15) is 0 Å². The average Bonchev–Trinajstić information content (AvgIpc) is 2.79. The first-order valence-corrected chi connectivity index (χ1v) is 6.13. The van der Waals surface area contributed by atoms with E-state index in [9.17, 15) is 0 Å². The first-order chi connectivity index (χ1) is 8.69. The van der Waals surface area contributed by atoms with Gasteiger partial charge in [-0.05, 0) is 18.2 Å². The van der Waals surface area contributed by atoms with Crippen molar-refractivity contribution in [3.8, 4) is 0 Å². The summed E-state index contributed by atoms with van der Waals surface area (Å²) in [6.07, 6.45) is 1.78. The van der Waals surface area contributed by atoms with Gasteiger partial charge >= 0.3 is 0 Å². The highest BCUT2D eigenvalue weighted by Gasteiger charge is 2.02. The summed E-state index contributed by atoms with van der Waals surface area (Å²) in [5.74, 6) is 0. The summed E-state index contributed by atoms with van der Waals surface area (Å²) >= 11 is 11.7. The van der Waals surface area contributed by atoms with Crippen molar-refractivity contribution in [2.24, 2.45) is 0 Å². The van der Waals surface area contributed by atoms with Crippen molar-refractivity contribution in [2.45, 2.75) is 13.1 Å². The second-order valence-electron chi connectivity index (χ2n) is 3.68. The number of aliphatic hydroxyl groups is 1. The Morgan fingerprint density at radius 2 is 2.11 bits per heavy atom. The number of nitrogens with one attached hydrogen (secondary N) is 1. The van der Waals surface area contributed by atoms with Crippen LogP contribution in [0.2, 0.25) is 10.0 Å². The quantitative estimate of drug-likeness (QED) is 0.885. The van der Waals surface area contributed by atoms with Crippen molar-refractivity contribution < 1.29 is 5.11 Å². The van der Waals surface area contributed by atoms with E-state index in [2.05, 4.69) is 15.6 Å². The standard InChI is InChI=1S/C11H12Cl2N4O/c12-10-2-1-8(5-11(10)13)14-6-9-7-17(3-4-18)16-15-9/h1-2,5,7,14,18H,3-4,6H2. The number of aliphatic hydroxyl groups excluding tert-OH is 1. The Morgan fingerprint density at radius 1 is 1.28 bits per heavy atom. The maximum Gasteiger partial charge on any atom is 0.102 e. The molecule has 0 aliphatic rings. The maximum absolute atomic E-state index is 8.76. The predicted octanol–water partition coefficient (Wildman–Crippen LogP) is 2.19. The predicted molar refractivity (Wildman–Crippen MR) is 70.9 cm³/mol. The highest BCUT2D eigenvalue weighted by atomic mass is 35.5. The fraction of sp³-hybridized carbons (Fsp3) is 0.273. The third kappa shape index (κ3) is 3.35. The van der Waals surface area contributed by atoms with Crippen LogP contribution in [0.15, 0.2) is 24.4 Å². The van der Waals surface area contributed by atoms with E-state index in [0.29, 0.717) is 23.1 Å². The molecule has 0 atom stereocenters. The Hall–Kier alpha value is -1.30. The van der Waals surface area contributed by atoms with Crippen LogP contribution in [0.3, 0.4) is 0 Å². The summed E-state index contributed by atoms with van der Waals surface area (Å²) in [6.45, 7) is 1.02. The molecule has 18 heavy (non-hydrogen) atoms. The fourth-order valence-corrected chi connectivity index (χ4v) is 1.73. The van der Waals surface area contributed by atoms with Gasteiger partial charge in [-0.1, -0.05) is 28.4 Å². The number of anilines is 1. The molecule has 0 amide bonds. The molecule has 5 nitrogen and oxygen atoms in total. The molecule has 1 aromatic heterocycles. The summed E-state index contributed by atoms with van der Waals surface area (Å²) in [5, 5.41) is 20.8. The van der Waals surface area contributed by atoms with Crippen LogP contribution in [-0.2, 0) is 13.1 Å².